The maximum Gasteiger partial charge on any atom is 0.263 e. The molecule has 1 heterocycles. The molecular weight excluding hydrogens is 366 g/mol. The molecule has 0 bridgehead atoms. The first-order valence-electron chi connectivity index (χ1n) is 8.18. The summed E-state index contributed by atoms with van der Waals surface area (Å²) in [4.78, 5) is 16.2. The number of halogens is 1. The number of amides is 1. The standard InChI is InChI=1S/C20H18ClN3O3/c1-26-18-9-7-14(21)11-17(18)23-15-8-10-19(22-12-15)24-20(25)13-27-16-5-3-2-4-6-16/h2-12,23H,13H2,1H3,(H,22,24,25). The maximum atomic E-state index is 12.0. The van der Waals surface area contributed by atoms with Gasteiger partial charge in [0.2, 0.25) is 0 Å². The summed E-state index contributed by atoms with van der Waals surface area (Å²) in [5.74, 6) is 1.44. The van der Waals surface area contributed by atoms with E-state index < -0.39 is 0 Å². The monoisotopic (exact) mass is 383 g/mol. The molecule has 0 fully saturated rings. The van der Waals surface area contributed by atoms with Crippen LogP contribution in [0.25, 0.3) is 0 Å². The Labute approximate surface area is 162 Å². The van der Waals surface area contributed by atoms with Crippen LogP contribution in [-0.2, 0) is 4.79 Å². The summed E-state index contributed by atoms with van der Waals surface area (Å²) in [6.45, 7) is -0.0919. The Bertz CT molecular complexity index is 902. The zero-order chi connectivity index (χ0) is 19.1. The number of rotatable bonds is 7. The van der Waals surface area contributed by atoms with Crippen molar-refractivity contribution in [3.05, 3.63) is 71.9 Å². The zero-order valence-electron chi connectivity index (χ0n) is 14.6. The van der Waals surface area contributed by atoms with Crippen LogP contribution in [0.4, 0.5) is 17.2 Å². The quantitative estimate of drug-likeness (QED) is 0.628. The van der Waals surface area contributed by atoms with Crippen molar-refractivity contribution in [2.24, 2.45) is 0 Å². The Kier molecular flexibility index (Phi) is 6.12. The van der Waals surface area contributed by atoms with Crippen LogP contribution in [0.5, 0.6) is 11.5 Å². The molecule has 0 atom stereocenters. The van der Waals surface area contributed by atoms with E-state index in [0.29, 0.717) is 22.3 Å². The van der Waals surface area contributed by atoms with E-state index >= 15 is 0 Å². The summed E-state index contributed by atoms with van der Waals surface area (Å²) in [6, 6.07) is 17.9. The molecule has 3 aromatic rings. The highest BCUT2D eigenvalue weighted by atomic mass is 35.5. The first-order valence-corrected chi connectivity index (χ1v) is 8.56. The molecule has 0 saturated carbocycles. The first-order chi connectivity index (χ1) is 13.1. The van der Waals surface area contributed by atoms with Crippen molar-refractivity contribution in [1.82, 2.24) is 4.98 Å². The first kappa shape index (κ1) is 18.5. The Morgan fingerprint density at radius 3 is 2.63 bits per heavy atom. The minimum Gasteiger partial charge on any atom is -0.495 e. The van der Waals surface area contributed by atoms with Crippen molar-refractivity contribution in [3.63, 3.8) is 0 Å². The predicted octanol–water partition coefficient (Wildman–Crippen LogP) is 4.50. The van der Waals surface area contributed by atoms with Crippen LogP contribution in [0, 0.1) is 0 Å². The molecule has 0 aliphatic rings. The van der Waals surface area contributed by atoms with Gasteiger partial charge in [0.15, 0.2) is 6.61 Å². The van der Waals surface area contributed by atoms with Gasteiger partial charge in [-0.15, -0.1) is 0 Å². The molecule has 0 aliphatic carbocycles. The molecule has 2 aromatic carbocycles. The fraction of sp³-hybridized carbons (Fsp3) is 0.100. The third-order valence-electron chi connectivity index (χ3n) is 3.58. The van der Waals surface area contributed by atoms with Gasteiger partial charge in [-0.1, -0.05) is 29.8 Å². The van der Waals surface area contributed by atoms with E-state index in [2.05, 4.69) is 15.6 Å². The molecule has 1 aromatic heterocycles. The number of carbonyl (C=O) groups is 1. The zero-order valence-corrected chi connectivity index (χ0v) is 15.4. The number of aromatic nitrogens is 1. The summed E-state index contributed by atoms with van der Waals surface area (Å²) in [5.41, 5.74) is 1.45. The summed E-state index contributed by atoms with van der Waals surface area (Å²) >= 11 is 6.03. The van der Waals surface area contributed by atoms with Gasteiger partial charge in [-0.3, -0.25) is 4.79 Å². The SMILES string of the molecule is COc1ccc(Cl)cc1Nc1ccc(NC(=O)COc2ccccc2)nc1. The van der Waals surface area contributed by atoms with Gasteiger partial charge < -0.3 is 20.1 Å². The Morgan fingerprint density at radius 1 is 1.11 bits per heavy atom. The van der Waals surface area contributed by atoms with Crippen molar-refractivity contribution in [1.29, 1.82) is 0 Å². The number of hydrogen-bond donors (Lipinski definition) is 2. The second-order valence-electron chi connectivity index (χ2n) is 5.55. The highest BCUT2D eigenvalue weighted by Crippen LogP contribution is 2.30. The number of pyridine rings is 1. The van der Waals surface area contributed by atoms with Crippen molar-refractivity contribution < 1.29 is 14.3 Å². The molecule has 1 amide bonds. The number of para-hydroxylation sites is 1. The van der Waals surface area contributed by atoms with Crippen molar-refractivity contribution >= 4 is 34.7 Å². The van der Waals surface area contributed by atoms with E-state index in [9.17, 15) is 4.79 Å². The fourth-order valence-corrected chi connectivity index (χ4v) is 2.49. The lowest BCUT2D eigenvalue weighted by Gasteiger charge is -2.12. The Morgan fingerprint density at radius 2 is 1.93 bits per heavy atom. The van der Waals surface area contributed by atoms with Crippen LogP contribution >= 0.6 is 11.6 Å². The number of nitrogens with zero attached hydrogens (tertiary/aromatic N) is 1. The molecule has 7 heteroatoms. The molecule has 0 aliphatic heterocycles. The van der Waals surface area contributed by atoms with E-state index in [4.69, 9.17) is 21.1 Å². The van der Waals surface area contributed by atoms with E-state index in [1.54, 1.807) is 55.8 Å². The van der Waals surface area contributed by atoms with E-state index in [-0.39, 0.29) is 12.5 Å². The van der Waals surface area contributed by atoms with Crippen molar-refractivity contribution in [2.75, 3.05) is 24.4 Å². The molecule has 0 radical (unpaired) electrons. The van der Waals surface area contributed by atoms with E-state index in [0.717, 1.165) is 11.4 Å². The van der Waals surface area contributed by atoms with Crippen LogP contribution in [-0.4, -0.2) is 24.6 Å². The van der Waals surface area contributed by atoms with Gasteiger partial charge in [0, 0.05) is 5.02 Å². The summed E-state index contributed by atoms with van der Waals surface area (Å²) in [6.07, 6.45) is 1.61. The number of benzene rings is 2. The lowest BCUT2D eigenvalue weighted by molar-refractivity contribution is -0.118. The molecule has 0 saturated heterocycles. The predicted molar refractivity (Wildman–Crippen MR) is 106 cm³/mol. The van der Waals surface area contributed by atoms with Crippen LogP contribution in [0.15, 0.2) is 66.9 Å². The molecule has 3 rings (SSSR count). The smallest absolute Gasteiger partial charge is 0.263 e. The third-order valence-corrected chi connectivity index (χ3v) is 3.82. The molecule has 0 unspecified atom stereocenters. The van der Waals surface area contributed by atoms with Crippen molar-refractivity contribution in [2.45, 2.75) is 0 Å². The lowest BCUT2D eigenvalue weighted by atomic mass is 10.2. The number of anilines is 3. The molecule has 2 N–H and O–H groups in total. The summed E-state index contributed by atoms with van der Waals surface area (Å²) in [7, 11) is 1.59. The van der Waals surface area contributed by atoms with Gasteiger partial charge in [-0.2, -0.15) is 0 Å². The third kappa shape index (κ3) is 5.36. The largest absolute Gasteiger partial charge is 0.495 e. The van der Waals surface area contributed by atoms with Crippen LogP contribution in [0.3, 0.4) is 0 Å². The molecule has 138 valence electrons. The minimum absolute atomic E-state index is 0.0919. The normalized spacial score (nSPS) is 10.1. The number of methoxy groups -OCH3 is 1. The Hall–Kier alpha value is -3.25. The highest BCUT2D eigenvalue weighted by molar-refractivity contribution is 6.31. The van der Waals surface area contributed by atoms with Gasteiger partial charge in [-0.05, 0) is 42.5 Å². The lowest BCUT2D eigenvalue weighted by Crippen LogP contribution is -2.20. The van der Waals surface area contributed by atoms with E-state index in [1.807, 2.05) is 18.2 Å². The fourth-order valence-electron chi connectivity index (χ4n) is 2.32. The summed E-state index contributed by atoms with van der Waals surface area (Å²) in [5, 5.41) is 6.46. The molecule has 6 nitrogen and oxygen atoms in total. The minimum atomic E-state index is -0.288. The molecule has 27 heavy (non-hydrogen) atoms. The average Bonchev–Trinajstić information content (AvgIpc) is 2.69. The van der Waals surface area contributed by atoms with E-state index in [1.165, 1.54) is 0 Å². The number of ether oxygens (including phenoxy) is 2. The van der Waals surface area contributed by atoms with Gasteiger partial charge in [0.25, 0.3) is 5.91 Å². The average molecular weight is 384 g/mol. The summed E-state index contributed by atoms with van der Waals surface area (Å²) < 4.78 is 10.7. The maximum absolute atomic E-state index is 12.0. The van der Waals surface area contributed by atoms with Gasteiger partial charge >= 0.3 is 0 Å². The number of carbonyl (C=O) groups excluding carboxylic acids is 1. The molecular formula is C20H18ClN3O3. The van der Waals surface area contributed by atoms with Crippen LogP contribution in [0.1, 0.15) is 0 Å². The van der Waals surface area contributed by atoms with Crippen LogP contribution in [0.2, 0.25) is 5.02 Å². The number of nitrogens with one attached hydrogen (secondary N) is 2. The Balaban J connectivity index is 1.57. The molecule has 0 spiro atoms. The van der Waals surface area contributed by atoms with Crippen LogP contribution < -0.4 is 20.1 Å². The number of hydrogen-bond acceptors (Lipinski definition) is 5. The van der Waals surface area contributed by atoms with Gasteiger partial charge in [-0.25, -0.2) is 4.98 Å². The highest BCUT2D eigenvalue weighted by Gasteiger charge is 2.07. The second-order valence-corrected chi connectivity index (χ2v) is 5.99. The van der Waals surface area contributed by atoms with Crippen molar-refractivity contribution in [3.8, 4) is 11.5 Å². The van der Waals surface area contributed by atoms with Gasteiger partial charge in [0.1, 0.15) is 17.3 Å². The topological polar surface area (TPSA) is 72.5 Å². The van der Waals surface area contributed by atoms with Gasteiger partial charge in [0.05, 0.1) is 24.7 Å². The second kappa shape index (κ2) is 8.91.